The molecule has 2 rings (SSSR count). The van der Waals surface area contributed by atoms with E-state index in [4.69, 9.17) is 5.73 Å². The summed E-state index contributed by atoms with van der Waals surface area (Å²) in [5.41, 5.74) is 5.03. The number of nitrogens with two attached hydrogens (primary N) is 1. The van der Waals surface area contributed by atoms with Crippen LogP contribution in [-0.4, -0.2) is 29.7 Å². The molecule has 0 heterocycles. The molecule has 0 radical (unpaired) electrons. The Hall–Kier alpha value is -0.610. The van der Waals surface area contributed by atoms with Crippen molar-refractivity contribution in [3.05, 3.63) is 0 Å². The van der Waals surface area contributed by atoms with Crippen LogP contribution in [0.3, 0.4) is 0 Å². The van der Waals surface area contributed by atoms with Gasteiger partial charge in [0.05, 0.1) is 5.60 Å². The first-order valence-corrected chi connectivity index (χ1v) is 6.85. The number of amides is 1. The van der Waals surface area contributed by atoms with Gasteiger partial charge in [-0.15, -0.1) is 0 Å². The molecule has 2 unspecified atom stereocenters. The van der Waals surface area contributed by atoms with Crippen molar-refractivity contribution in [1.29, 1.82) is 0 Å². The summed E-state index contributed by atoms with van der Waals surface area (Å²) in [5, 5.41) is 13.1. The predicted molar refractivity (Wildman–Crippen MR) is 66.3 cm³/mol. The van der Waals surface area contributed by atoms with Crippen molar-refractivity contribution in [2.24, 2.45) is 17.6 Å². The molecule has 4 N–H and O–H groups in total. The normalized spacial score (nSPS) is 31.6. The van der Waals surface area contributed by atoms with Gasteiger partial charge in [-0.1, -0.05) is 19.3 Å². The topological polar surface area (TPSA) is 75.4 Å². The molecule has 98 valence electrons. The van der Waals surface area contributed by atoms with Crippen LogP contribution in [0.5, 0.6) is 0 Å². The minimum Gasteiger partial charge on any atom is -0.388 e. The van der Waals surface area contributed by atoms with Crippen LogP contribution in [0.15, 0.2) is 0 Å². The highest BCUT2D eigenvalue weighted by Gasteiger charge is 2.35. The van der Waals surface area contributed by atoms with Crippen molar-refractivity contribution >= 4 is 5.91 Å². The highest BCUT2D eigenvalue weighted by atomic mass is 16.3. The molecule has 0 aromatic carbocycles. The van der Waals surface area contributed by atoms with Crippen molar-refractivity contribution in [2.75, 3.05) is 13.1 Å². The molecular formula is C13H24N2O2. The highest BCUT2D eigenvalue weighted by Crippen LogP contribution is 2.32. The van der Waals surface area contributed by atoms with Gasteiger partial charge < -0.3 is 16.2 Å². The second-order valence-corrected chi connectivity index (χ2v) is 5.68. The second kappa shape index (κ2) is 5.36. The van der Waals surface area contributed by atoms with Crippen LogP contribution < -0.4 is 11.1 Å². The highest BCUT2D eigenvalue weighted by molar-refractivity contribution is 5.79. The van der Waals surface area contributed by atoms with Gasteiger partial charge >= 0.3 is 0 Å². The minimum absolute atomic E-state index is 0.0741. The third-order valence-electron chi connectivity index (χ3n) is 4.42. The lowest BCUT2D eigenvalue weighted by Crippen LogP contribution is -2.44. The molecular weight excluding hydrogens is 216 g/mol. The quantitative estimate of drug-likeness (QED) is 0.680. The summed E-state index contributed by atoms with van der Waals surface area (Å²) in [4.78, 5) is 12.0. The molecule has 2 aliphatic rings. The third-order valence-corrected chi connectivity index (χ3v) is 4.42. The zero-order valence-electron chi connectivity index (χ0n) is 10.5. The van der Waals surface area contributed by atoms with Gasteiger partial charge in [-0.25, -0.2) is 0 Å². The fourth-order valence-electron chi connectivity index (χ4n) is 3.26. The zero-order valence-corrected chi connectivity index (χ0v) is 10.5. The number of nitrogens with one attached hydrogen (secondary N) is 1. The molecule has 0 aromatic rings. The van der Waals surface area contributed by atoms with Crippen molar-refractivity contribution in [3.8, 4) is 0 Å². The van der Waals surface area contributed by atoms with Crippen LogP contribution in [0.1, 0.15) is 44.9 Å². The van der Waals surface area contributed by atoms with Gasteiger partial charge in [0.2, 0.25) is 5.91 Å². The minimum atomic E-state index is -0.646. The summed E-state index contributed by atoms with van der Waals surface area (Å²) >= 11 is 0. The Morgan fingerprint density at radius 1 is 1.29 bits per heavy atom. The van der Waals surface area contributed by atoms with E-state index in [9.17, 15) is 9.90 Å². The van der Waals surface area contributed by atoms with Crippen LogP contribution in [0.2, 0.25) is 0 Å². The van der Waals surface area contributed by atoms with E-state index in [1.54, 1.807) is 0 Å². The summed E-state index contributed by atoms with van der Waals surface area (Å²) in [6, 6.07) is 0. The first-order valence-electron chi connectivity index (χ1n) is 6.85. The van der Waals surface area contributed by atoms with E-state index in [1.807, 2.05) is 0 Å². The van der Waals surface area contributed by atoms with Gasteiger partial charge in [0, 0.05) is 12.5 Å². The Bertz CT molecular complexity index is 275. The number of aliphatic hydroxyl groups is 1. The standard InChI is InChI=1S/C13H24N2O2/c14-8-10-4-3-5-11(10)12(16)15-9-13(17)6-1-2-7-13/h10-11,17H,1-9,14H2,(H,15,16). The molecule has 0 bridgehead atoms. The van der Waals surface area contributed by atoms with Gasteiger partial charge in [-0.05, 0) is 38.1 Å². The lowest BCUT2D eigenvalue weighted by molar-refractivity contribution is -0.127. The van der Waals surface area contributed by atoms with Crippen molar-refractivity contribution < 1.29 is 9.90 Å². The molecule has 0 aliphatic heterocycles. The smallest absolute Gasteiger partial charge is 0.223 e. The van der Waals surface area contributed by atoms with E-state index in [2.05, 4.69) is 5.32 Å². The molecule has 0 saturated heterocycles. The van der Waals surface area contributed by atoms with E-state index in [1.165, 1.54) is 0 Å². The fraction of sp³-hybridized carbons (Fsp3) is 0.923. The first kappa shape index (κ1) is 12.8. The monoisotopic (exact) mass is 240 g/mol. The van der Waals surface area contributed by atoms with E-state index >= 15 is 0 Å². The average Bonchev–Trinajstić information content (AvgIpc) is 2.95. The average molecular weight is 240 g/mol. The summed E-state index contributed by atoms with van der Waals surface area (Å²) in [7, 11) is 0. The molecule has 0 aromatic heterocycles. The molecule has 2 atom stereocenters. The van der Waals surface area contributed by atoms with Crippen LogP contribution in [0.4, 0.5) is 0 Å². The first-order chi connectivity index (χ1) is 8.14. The summed E-state index contributed by atoms with van der Waals surface area (Å²) < 4.78 is 0. The van der Waals surface area contributed by atoms with Crippen molar-refractivity contribution in [1.82, 2.24) is 5.32 Å². The zero-order chi connectivity index (χ0) is 12.3. The fourth-order valence-corrected chi connectivity index (χ4v) is 3.26. The van der Waals surface area contributed by atoms with Gasteiger partial charge in [0.15, 0.2) is 0 Å². The van der Waals surface area contributed by atoms with E-state index in [0.717, 1.165) is 44.9 Å². The van der Waals surface area contributed by atoms with E-state index in [0.29, 0.717) is 19.0 Å². The number of rotatable bonds is 4. The summed E-state index contributed by atoms with van der Waals surface area (Å²) in [6.07, 6.45) is 6.90. The molecule has 2 aliphatic carbocycles. The lowest BCUT2D eigenvalue weighted by atomic mass is 9.94. The van der Waals surface area contributed by atoms with Crippen LogP contribution in [0.25, 0.3) is 0 Å². The maximum Gasteiger partial charge on any atom is 0.223 e. The van der Waals surface area contributed by atoms with E-state index in [-0.39, 0.29) is 11.8 Å². The molecule has 17 heavy (non-hydrogen) atoms. The Labute approximate surface area is 103 Å². The number of carbonyl (C=O) groups excluding carboxylic acids is 1. The maximum atomic E-state index is 12.0. The van der Waals surface area contributed by atoms with Crippen LogP contribution in [-0.2, 0) is 4.79 Å². The Kier molecular flexibility index (Phi) is 4.05. The van der Waals surface area contributed by atoms with Gasteiger partial charge in [-0.2, -0.15) is 0 Å². The van der Waals surface area contributed by atoms with Gasteiger partial charge in [0.25, 0.3) is 0 Å². The maximum absolute atomic E-state index is 12.0. The second-order valence-electron chi connectivity index (χ2n) is 5.68. The number of hydrogen-bond acceptors (Lipinski definition) is 3. The SMILES string of the molecule is NCC1CCCC1C(=O)NCC1(O)CCCC1. The van der Waals surface area contributed by atoms with Crippen LogP contribution >= 0.6 is 0 Å². The number of carbonyl (C=O) groups is 1. The lowest BCUT2D eigenvalue weighted by Gasteiger charge is -2.24. The third kappa shape index (κ3) is 2.99. The van der Waals surface area contributed by atoms with Gasteiger partial charge in [-0.3, -0.25) is 4.79 Å². The summed E-state index contributed by atoms with van der Waals surface area (Å²) in [5.74, 6) is 0.511. The van der Waals surface area contributed by atoms with Crippen molar-refractivity contribution in [2.45, 2.75) is 50.5 Å². The van der Waals surface area contributed by atoms with Gasteiger partial charge in [0.1, 0.15) is 0 Å². The molecule has 4 nitrogen and oxygen atoms in total. The van der Waals surface area contributed by atoms with Crippen molar-refractivity contribution in [3.63, 3.8) is 0 Å². The number of hydrogen-bond donors (Lipinski definition) is 3. The Balaban J connectivity index is 1.80. The predicted octanol–water partition coefficient (Wildman–Crippen LogP) is 0.783. The molecule has 2 saturated carbocycles. The largest absolute Gasteiger partial charge is 0.388 e. The Morgan fingerprint density at radius 3 is 2.65 bits per heavy atom. The van der Waals surface area contributed by atoms with E-state index < -0.39 is 5.60 Å². The molecule has 0 spiro atoms. The summed E-state index contributed by atoms with van der Waals surface area (Å²) in [6.45, 7) is 1.02. The van der Waals surface area contributed by atoms with Crippen LogP contribution in [0, 0.1) is 11.8 Å². The molecule has 1 amide bonds. The molecule has 2 fully saturated rings. The Morgan fingerprint density at radius 2 is 2.00 bits per heavy atom. The molecule has 4 heteroatoms.